The van der Waals surface area contributed by atoms with Gasteiger partial charge in [-0.1, -0.05) is 48.7 Å². The Bertz CT molecular complexity index is 453. The second-order valence-electron chi connectivity index (χ2n) is 6.70. The number of benzene rings is 1. The maximum Gasteiger partial charge on any atom is 0.0772 e. The maximum absolute atomic E-state index is 9.78. The van der Waals surface area contributed by atoms with Crippen LogP contribution >= 0.6 is 15.9 Å². The van der Waals surface area contributed by atoms with Crippen molar-refractivity contribution >= 4 is 21.6 Å². The van der Waals surface area contributed by atoms with E-state index in [0.717, 1.165) is 22.5 Å². The molecule has 2 rings (SSSR count). The van der Waals surface area contributed by atoms with E-state index in [2.05, 4.69) is 52.9 Å². The van der Waals surface area contributed by atoms with E-state index in [9.17, 15) is 5.11 Å². The highest BCUT2D eigenvalue weighted by Gasteiger charge is 2.23. The van der Waals surface area contributed by atoms with Gasteiger partial charge >= 0.3 is 0 Å². The standard InChI is InChI=1S/C18H28BrNO/c1-13(2)10-11-20(15-6-4-5-7-15)16-8-9-17(14(3)21)18(19)12-16/h8-9,12-15,21H,4-7,10-11H2,1-3H3. The summed E-state index contributed by atoms with van der Waals surface area (Å²) < 4.78 is 1.02. The SMILES string of the molecule is CC(C)CCN(c1ccc(C(C)O)c(Br)c1)C1CCCC1. The van der Waals surface area contributed by atoms with Crippen molar-refractivity contribution in [2.45, 2.75) is 65.0 Å². The molecule has 0 aromatic heterocycles. The first-order valence-corrected chi connectivity index (χ1v) is 9.02. The normalized spacial score (nSPS) is 17.4. The van der Waals surface area contributed by atoms with Crippen LogP contribution < -0.4 is 4.90 Å². The number of hydrogen-bond donors (Lipinski definition) is 1. The van der Waals surface area contributed by atoms with Crippen LogP contribution in [0, 0.1) is 5.92 Å². The summed E-state index contributed by atoms with van der Waals surface area (Å²) in [7, 11) is 0. The minimum Gasteiger partial charge on any atom is -0.389 e. The van der Waals surface area contributed by atoms with E-state index >= 15 is 0 Å². The fraction of sp³-hybridized carbons (Fsp3) is 0.667. The average Bonchev–Trinajstić information content (AvgIpc) is 2.92. The molecule has 0 heterocycles. The predicted octanol–water partition coefficient (Wildman–Crippen LogP) is 5.30. The van der Waals surface area contributed by atoms with Crippen LogP contribution in [-0.4, -0.2) is 17.7 Å². The van der Waals surface area contributed by atoms with E-state index in [1.54, 1.807) is 0 Å². The molecule has 0 radical (unpaired) electrons. The molecule has 118 valence electrons. The molecule has 1 atom stereocenters. The van der Waals surface area contributed by atoms with Gasteiger partial charge in [0.1, 0.15) is 0 Å². The summed E-state index contributed by atoms with van der Waals surface area (Å²) in [6.07, 6.45) is 6.14. The molecule has 1 saturated carbocycles. The van der Waals surface area contributed by atoms with Crippen LogP contribution in [0.15, 0.2) is 22.7 Å². The fourth-order valence-electron chi connectivity index (χ4n) is 3.17. The van der Waals surface area contributed by atoms with Crippen LogP contribution in [0.3, 0.4) is 0 Å². The number of aliphatic hydroxyl groups excluding tert-OH is 1. The van der Waals surface area contributed by atoms with Gasteiger partial charge in [-0.15, -0.1) is 0 Å². The van der Waals surface area contributed by atoms with Crippen molar-refractivity contribution in [1.82, 2.24) is 0 Å². The molecule has 0 saturated heterocycles. The molecule has 1 aromatic carbocycles. The molecule has 3 heteroatoms. The van der Waals surface area contributed by atoms with Gasteiger partial charge in [-0.05, 0) is 49.8 Å². The first kappa shape index (κ1) is 16.8. The molecule has 1 unspecified atom stereocenters. The molecule has 0 spiro atoms. The van der Waals surface area contributed by atoms with Gasteiger partial charge in [0, 0.05) is 22.7 Å². The summed E-state index contributed by atoms with van der Waals surface area (Å²) >= 11 is 3.62. The molecule has 0 aliphatic heterocycles. The van der Waals surface area contributed by atoms with Crippen LogP contribution in [0.2, 0.25) is 0 Å². The lowest BCUT2D eigenvalue weighted by Crippen LogP contribution is -2.34. The molecule has 1 aliphatic carbocycles. The van der Waals surface area contributed by atoms with E-state index in [1.165, 1.54) is 37.8 Å². The first-order chi connectivity index (χ1) is 9.99. The van der Waals surface area contributed by atoms with Gasteiger partial charge in [-0.3, -0.25) is 0 Å². The van der Waals surface area contributed by atoms with E-state index < -0.39 is 6.10 Å². The fourth-order valence-corrected chi connectivity index (χ4v) is 3.87. The molecule has 2 nitrogen and oxygen atoms in total. The third-order valence-corrected chi connectivity index (χ3v) is 5.17. The Kier molecular flexibility index (Phi) is 6.12. The Morgan fingerprint density at radius 1 is 1.24 bits per heavy atom. The van der Waals surface area contributed by atoms with Gasteiger partial charge in [0.25, 0.3) is 0 Å². The molecule has 0 bridgehead atoms. The van der Waals surface area contributed by atoms with E-state index in [1.807, 2.05) is 6.92 Å². The molecule has 1 fully saturated rings. The molecule has 1 aromatic rings. The summed E-state index contributed by atoms with van der Waals surface area (Å²) in [4.78, 5) is 2.59. The average molecular weight is 354 g/mol. The first-order valence-electron chi connectivity index (χ1n) is 8.23. The summed E-state index contributed by atoms with van der Waals surface area (Å²) in [5, 5.41) is 9.78. The third kappa shape index (κ3) is 4.46. The molecule has 0 amide bonds. The topological polar surface area (TPSA) is 23.5 Å². The smallest absolute Gasteiger partial charge is 0.0772 e. The Hall–Kier alpha value is -0.540. The number of hydrogen-bond acceptors (Lipinski definition) is 2. The Labute approximate surface area is 137 Å². The van der Waals surface area contributed by atoms with Gasteiger partial charge in [0.15, 0.2) is 0 Å². The summed E-state index contributed by atoms with van der Waals surface area (Å²) in [6, 6.07) is 7.10. The van der Waals surface area contributed by atoms with E-state index in [0.29, 0.717) is 6.04 Å². The summed E-state index contributed by atoms with van der Waals surface area (Å²) in [5.41, 5.74) is 2.26. The van der Waals surface area contributed by atoms with Crippen LogP contribution in [0.1, 0.15) is 64.5 Å². The van der Waals surface area contributed by atoms with Crippen LogP contribution in [-0.2, 0) is 0 Å². The Morgan fingerprint density at radius 3 is 2.43 bits per heavy atom. The van der Waals surface area contributed by atoms with Crippen molar-refractivity contribution < 1.29 is 5.11 Å². The number of nitrogens with zero attached hydrogens (tertiary/aromatic N) is 1. The number of halogens is 1. The summed E-state index contributed by atoms with van der Waals surface area (Å²) in [6.45, 7) is 7.52. The molecule has 1 aliphatic rings. The Morgan fingerprint density at radius 2 is 1.90 bits per heavy atom. The van der Waals surface area contributed by atoms with E-state index in [4.69, 9.17) is 0 Å². The van der Waals surface area contributed by atoms with Crippen molar-refractivity contribution in [3.8, 4) is 0 Å². The zero-order chi connectivity index (χ0) is 15.4. The van der Waals surface area contributed by atoms with Crippen molar-refractivity contribution in [2.75, 3.05) is 11.4 Å². The second-order valence-corrected chi connectivity index (χ2v) is 7.55. The highest BCUT2D eigenvalue weighted by atomic mass is 79.9. The lowest BCUT2D eigenvalue weighted by Gasteiger charge is -2.32. The second kappa shape index (κ2) is 7.64. The molecular weight excluding hydrogens is 326 g/mol. The maximum atomic E-state index is 9.78. The minimum absolute atomic E-state index is 0.427. The predicted molar refractivity (Wildman–Crippen MR) is 93.8 cm³/mol. The van der Waals surface area contributed by atoms with Crippen molar-refractivity contribution in [3.63, 3.8) is 0 Å². The zero-order valence-electron chi connectivity index (χ0n) is 13.5. The van der Waals surface area contributed by atoms with Crippen LogP contribution in [0.25, 0.3) is 0 Å². The van der Waals surface area contributed by atoms with Gasteiger partial charge in [-0.2, -0.15) is 0 Å². The quantitative estimate of drug-likeness (QED) is 0.750. The van der Waals surface area contributed by atoms with Crippen molar-refractivity contribution in [1.29, 1.82) is 0 Å². The van der Waals surface area contributed by atoms with E-state index in [-0.39, 0.29) is 0 Å². The highest BCUT2D eigenvalue weighted by molar-refractivity contribution is 9.10. The number of aliphatic hydroxyl groups is 1. The van der Waals surface area contributed by atoms with Crippen molar-refractivity contribution in [3.05, 3.63) is 28.2 Å². The Balaban J connectivity index is 2.20. The highest BCUT2D eigenvalue weighted by Crippen LogP contribution is 2.33. The third-order valence-electron chi connectivity index (χ3n) is 4.48. The van der Waals surface area contributed by atoms with Crippen molar-refractivity contribution in [2.24, 2.45) is 5.92 Å². The summed E-state index contributed by atoms with van der Waals surface area (Å²) in [5.74, 6) is 0.731. The molecular formula is C18H28BrNO. The molecule has 1 N–H and O–H groups in total. The van der Waals surface area contributed by atoms with Crippen LogP contribution in [0.5, 0.6) is 0 Å². The lowest BCUT2D eigenvalue weighted by molar-refractivity contribution is 0.198. The lowest BCUT2D eigenvalue weighted by atomic mass is 10.1. The van der Waals surface area contributed by atoms with Gasteiger partial charge in [-0.25, -0.2) is 0 Å². The minimum atomic E-state index is -0.427. The number of rotatable bonds is 6. The molecule has 21 heavy (non-hydrogen) atoms. The zero-order valence-corrected chi connectivity index (χ0v) is 15.1. The van der Waals surface area contributed by atoms with Gasteiger partial charge in [0.05, 0.1) is 6.10 Å². The number of anilines is 1. The van der Waals surface area contributed by atoms with Gasteiger partial charge < -0.3 is 10.0 Å². The monoisotopic (exact) mass is 353 g/mol. The van der Waals surface area contributed by atoms with Crippen LogP contribution in [0.4, 0.5) is 5.69 Å². The largest absolute Gasteiger partial charge is 0.389 e. The van der Waals surface area contributed by atoms with Gasteiger partial charge in [0.2, 0.25) is 0 Å².